The van der Waals surface area contributed by atoms with Crippen molar-refractivity contribution in [1.82, 2.24) is 19.5 Å². The largest absolute Gasteiger partial charge is 0.384 e. The fourth-order valence-corrected chi connectivity index (χ4v) is 5.07. The molecular formula is C22H22BrN5. The molecule has 2 atom stereocenters. The topological polar surface area (TPSA) is 69.6 Å². The molecule has 1 aromatic carbocycles. The number of hydrogen-bond donors (Lipinski definition) is 1. The summed E-state index contributed by atoms with van der Waals surface area (Å²) in [6.45, 7) is 0. The Morgan fingerprint density at radius 2 is 2.07 bits per heavy atom. The van der Waals surface area contributed by atoms with Gasteiger partial charge in [0.2, 0.25) is 0 Å². The fraction of sp³-hybridized carbons (Fsp3) is 0.318. The van der Waals surface area contributed by atoms with Crippen molar-refractivity contribution in [2.24, 2.45) is 5.92 Å². The second-order valence-electron chi connectivity index (χ2n) is 7.77. The lowest BCUT2D eigenvalue weighted by Gasteiger charge is -2.15. The smallest absolute Gasteiger partial charge is 0.143 e. The minimum absolute atomic E-state index is 0.541. The highest BCUT2D eigenvalue weighted by Gasteiger charge is 2.26. The number of nitrogens with zero attached hydrogens (tertiary/aromatic N) is 4. The van der Waals surface area contributed by atoms with Crippen LogP contribution in [0.3, 0.4) is 0 Å². The number of fused-ring (bicyclic) bond motifs is 2. The number of nitrogen functional groups attached to an aromatic ring is 1. The van der Waals surface area contributed by atoms with Gasteiger partial charge in [-0.15, -0.1) is 0 Å². The van der Waals surface area contributed by atoms with Crippen LogP contribution in [-0.2, 0) is 6.42 Å². The van der Waals surface area contributed by atoms with Gasteiger partial charge in [0.25, 0.3) is 0 Å². The molecule has 0 radical (unpaired) electrons. The summed E-state index contributed by atoms with van der Waals surface area (Å²) in [7, 11) is 0. The van der Waals surface area contributed by atoms with Crippen LogP contribution in [0, 0.1) is 5.92 Å². The minimum atomic E-state index is 0.541. The number of aromatic nitrogens is 4. The monoisotopic (exact) mass is 435 g/mol. The van der Waals surface area contributed by atoms with Crippen molar-refractivity contribution in [3.05, 3.63) is 59.1 Å². The van der Waals surface area contributed by atoms with E-state index in [0.29, 0.717) is 11.9 Å². The van der Waals surface area contributed by atoms with Crippen LogP contribution in [0.4, 0.5) is 5.82 Å². The normalized spacial score (nSPS) is 19.6. The molecule has 2 N–H and O–H groups in total. The third kappa shape index (κ3) is 3.26. The number of benzene rings is 1. The van der Waals surface area contributed by atoms with E-state index in [2.05, 4.69) is 59.8 Å². The molecule has 1 aliphatic rings. The molecular weight excluding hydrogens is 414 g/mol. The molecule has 1 aliphatic carbocycles. The van der Waals surface area contributed by atoms with Gasteiger partial charge in [0.15, 0.2) is 0 Å². The molecule has 1 saturated carbocycles. The van der Waals surface area contributed by atoms with E-state index in [0.717, 1.165) is 38.7 Å². The number of anilines is 1. The Bertz CT molecular complexity index is 1150. The van der Waals surface area contributed by atoms with Gasteiger partial charge in [-0.25, -0.2) is 15.0 Å². The zero-order chi connectivity index (χ0) is 19.1. The van der Waals surface area contributed by atoms with Gasteiger partial charge in [0, 0.05) is 33.7 Å². The van der Waals surface area contributed by atoms with Crippen LogP contribution < -0.4 is 5.73 Å². The van der Waals surface area contributed by atoms with E-state index in [1.807, 2.05) is 18.3 Å². The van der Waals surface area contributed by atoms with Gasteiger partial charge in [-0.1, -0.05) is 15.9 Å². The minimum Gasteiger partial charge on any atom is -0.384 e. The van der Waals surface area contributed by atoms with Crippen molar-refractivity contribution < 1.29 is 0 Å². The van der Waals surface area contributed by atoms with E-state index in [-0.39, 0.29) is 0 Å². The third-order valence-electron chi connectivity index (χ3n) is 5.99. The molecule has 1 fully saturated rings. The van der Waals surface area contributed by atoms with Crippen molar-refractivity contribution in [1.29, 1.82) is 0 Å². The van der Waals surface area contributed by atoms with E-state index in [9.17, 15) is 0 Å². The van der Waals surface area contributed by atoms with Crippen LogP contribution in [0.5, 0.6) is 0 Å². The van der Waals surface area contributed by atoms with Gasteiger partial charge in [-0.05, 0) is 73.9 Å². The second kappa shape index (κ2) is 7.17. The van der Waals surface area contributed by atoms with E-state index in [4.69, 9.17) is 5.73 Å². The first-order valence-corrected chi connectivity index (χ1v) is 10.6. The summed E-state index contributed by atoms with van der Waals surface area (Å²) in [5, 5.41) is 2.24. The molecule has 4 aromatic rings. The Kier molecular flexibility index (Phi) is 4.51. The maximum absolute atomic E-state index is 5.85. The number of pyridine rings is 1. The summed E-state index contributed by atoms with van der Waals surface area (Å²) >= 11 is 3.74. The van der Waals surface area contributed by atoms with Gasteiger partial charge in [0.05, 0.1) is 5.52 Å². The second-order valence-corrected chi connectivity index (χ2v) is 8.62. The van der Waals surface area contributed by atoms with Gasteiger partial charge in [-0.2, -0.15) is 0 Å². The number of nitrogens with two attached hydrogens (primary N) is 1. The summed E-state index contributed by atoms with van der Waals surface area (Å²) in [5.74, 6) is 1.31. The molecule has 3 heterocycles. The van der Waals surface area contributed by atoms with Gasteiger partial charge >= 0.3 is 0 Å². The van der Waals surface area contributed by atoms with E-state index in [1.54, 1.807) is 6.33 Å². The molecule has 3 aromatic heterocycles. The zero-order valence-electron chi connectivity index (χ0n) is 15.6. The maximum atomic E-state index is 5.85. The van der Waals surface area contributed by atoms with Crippen LogP contribution >= 0.6 is 15.9 Å². The van der Waals surface area contributed by atoms with E-state index < -0.39 is 0 Å². The predicted octanol–water partition coefficient (Wildman–Crippen LogP) is 5.30. The first-order valence-electron chi connectivity index (χ1n) is 9.78. The van der Waals surface area contributed by atoms with Crippen molar-refractivity contribution >= 4 is 43.7 Å². The summed E-state index contributed by atoms with van der Waals surface area (Å²) < 4.78 is 3.50. The molecule has 6 heteroatoms. The Morgan fingerprint density at radius 1 is 1.14 bits per heavy atom. The molecule has 0 amide bonds. The summed E-state index contributed by atoms with van der Waals surface area (Å²) in [6.07, 6.45) is 11.6. The summed E-state index contributed by atoms with van der Waals surface area (Å²) in [4.78, 5) is 13.1. The van der Waals surface area contributed by atoms with Gasteiger partial charge < -0.3 is 10.3 Å². The SMILES string of the molecule is Nc1ccc2cc(Br)c(CCC3CCC(n4ccc5cncnc54)C3)cc2n1. The molecule has 0 bridgehead atoms. The average molecular weight is 436 g/mol. The van der Waals surface area contributed by atoms with Gasteiger partial charge in [-0.3, -0.25) is 0 Å². The Labute approximate surface area is 172 Å². The Balaban J connectivity index is 1.29. The standard InChI is InChI=1S/C22H22BrN5/c23-19-10-16-4-6-21(24)27-20(16)11-15(19)3-1-14-2-5-18(9-14)28-8-7-17-12-25-13-26-22(17)28/h4,6-8,10-14,18H,1-3,5,9H2,(H2,24,27). The number of rotatable bonds is 4. The fourth-order valence-electron chi connectivity index (χ4n) is 4.51. The maximum Gasteiger partial charge on any atom is 0.143 e. The van der Waals surface area contributed by atoms with Crippen LogP contribution in [0.2, 0.25) is 0 Å². The Morgan fingerprint density at radius 3 is 3.00 bits per heavy atom. The lowest BCUT2D eigenvalue weighted by molar-refractivity contribution is 0.461. The number of halogens is 1. The summed E-state index contributed by atoms with van der Waals surface area (Å²) in [6, 6.07) is 10.9. The Hall–Kier alpha value is -2.47. The van der Waals surface area contributed by atoms with E-state index >= 15 is 0 Å². The van der Waals surface area contributed by atoms with Crippen LogP contribution in [-0.4, -0.2) is 19.5 Å². The molecule has 0 saturated heterocycles. The van der Waals surface area contributed by atoms with Crippen molar-refractivity contribution in [2.45, 2.75) is 38.1 Å². The predicted molar refractivity (Wildman–Crippen MR) is 116 cm³/mol. The lowest BCUT2D eigenvalue weighted by Crippen LogP contribution is -2.05. The highest BCUT2D eigenvalue weighted by Crippen LogP contribution is 2.39. The van der Waals surface area contributed by atoms with Gasteiger partial charge in [0.1, 0.15) is 17.8 Å². The first kappa shape index (κ1) is 17.6. The molecule has 5 rings (SSSR count). The van der Waals surface area contributed by atoms with Crippen LogP contribution in [0.15, 0.2) is 53.5 Å². The highest BCUT2D eigenvalue weighted by atomic mass is 79.9. The van der Waals surface area contributed by atoms with Crippen molar-refractivity contribution in [2.75, 3.05) is 5.73 Å². The molecule has 5 nitrogen and oxygen atoms in total. The molecule has 28 heavy (non-hydrogen) atoms. The first-order chi connectivity index (χ1) is 13.7. The zero-order valence-corrected chi connectivity index (χ0v) is 17.1. The molecule has 0 spiro atoms. The molecule has 142 valence electrons. The van der Waals surface area contributed by atoms with E-state index in [1.165, 1.54) is 31.2 Å². The number of hydrogen-bond acceptors (Lipinski definition) is 4. The third-order valence-corrected chi connectivity index (χ3v) is 6.72. The van der Waals surface area contributed by atoms with Crippen LogP contribution in [0.1, 0.15) is 37.3 Å². The van der Waals surface area contributed by atoms with Crippen molar-refractivity contribution in [3.63, 3.8) is 0 Å². The van der Waals surface area contributed by atoms with Crippen LogP contribution in [0.25, 0.3) is 21.9 Å². The molecule has 2 unspecified atom stereocenters. The average Bonchev–Trinajstić information content (AvgIpc) is 3.33. The quantitative estimate of drug-likeness (QED) is 0.472. The lowest BCUT2D eigenvalue weighted by atomic mass is 9.97. The highest BCUT2D eigenvalue weighted by molar-refractivity contribution is 9.10. The van der Waals surface area contributed by atoms with Crippen molar-refractivity contribution in [3.8, 4) is 0 Å². The number of aryl methyl sites for hydroxylation is 1. The summed E-state index contributed by atoms with van der Waals surface area (Å²) in [5.41, 5.74) is 9.20. The molecule has 0 aliphatic heterocycles.